The van der Waals surface area contributed by atoms with E-state index >= 15 is 0 Å². The number of aliphatic hydroxyl groups excluding tert-OH is 2. The number of aliphatic hydroxyl groups is 2. The summed E-state index contributed by atoms with van der Waals surface area (Å²) >= 11 is 0. The normalized spacial score (nSPS) is 42.9. The molecule has 0 radical (unpaired) electrons. The van der Waals surface area contributed by atoms with Crippen molar-refractivity contribution in [2.75, 3.05) is 33.2 Å². The first-order valence-electron chi connectivity index (χ1n) is 7.85. The third kappa shape index (κ3) is 2.85. The summed E-state index contributed by atoms with van der Waals surface area (Å²) in [7, 11) is 1.89. The van der Waals surface area contributed by atoms with Crippen LogP contribution in [0.5, 0.6) is 0 Å². The second-order valence-corrected chi connectivity index (χ2v) is 7.02. The van der Waals surface area contributed by atoms with Crippen LogP contribution in [0.4, 0.5) is 0 Å². The molecule has 2 heterocycles. The molecule has 0 spiro atoms. The minimum absolute atomic E-state index is 0.266. The van der Waals surface area contributed by atoms with Crippen molar-refractivity contribution in [3.05, 3.63) is 0 Å². The molecule has 1 amide bonds. The Kier molecular flexibility index (Phi) is 4.02. The van der Waals surface area contributed by atoms with E-state index in [1.54, 1.807) is 0 Å². The third-order valence-electron chi connectivity index (χ3n) is 5.43. The van der Waals surface area contributed by atoms with Crippen molar-refractivity contribution in [2.24, 2.45) is 17.8 Å². The van der Waals surface area contributed by atoms with Crippen molar-refractivity contribution in [1.29, 1.82) is 0 Å². The van der Waals surface area contributed by atoms with Gasteiger partial charge in [0.05, 0.1) is 12.2 Å². The SMILES string of the molecule is CN1CC(CN2C[C@H]3C[C@H](O)[C@H](O)C[C@H]3C2)CCC1=O. The monoisotopic (exact) mass is 282 g/mol. The topological polar surface area (TPSA) is 64.0 Å². The van der Waals surface area contributed by atoms with E-state index in [1.807, 2.05) is 11.9 Å². The summed E-state index contributed by atoms with van der Waals surface area (Å²) in [5.41, 5.74) is 0. The average molecular weight is 282 g/mol. The zero-order valence-corrected chi connectivity index (χ0v) is 12.2. The number of carbonyl (C=O) groups excluding carboxylic acids is 1. The summed E-state index contributed by atoms with van der Waals surface area (Å²) in [6.07, 6.45) is 2.10. The van der Waals surface area contributed by atoms with E-state index in [4.69, 9.17) is 0 Å². The van der Waals surface area contributed by atoms with Gasteiger partial charge in [0.2, 0.25) is 5.91 Å². The first-order chi connectivity index (χ1) is 9.52. The summed E-state index contributed by atoms with van der Waals surface area (Å²) in [6, 6.07) is 0. The fourth-order valence-electron chi connectivity index (χ4n) is 4.27. The van der Waals surface area contributed by atoms with Crippen molar-refractivity contribution < 1.29 is 15.0 Å². The van der Waals surface area contributed by atoms with Crippen molar-refractivity contribution in [3.8, 4) is 0 Å². The lowest BCUT2D eigenvalue weighted by atomic mass is 9.79. The van der Waals surface area contributed by atoms with Crippen LogP contribution in [-0.4, -0.2) is 71.4 Å². The van der Waals surface area contributed by atoms with Crippen LogP contribution in [0, 0.1) is 17.8 Å². The number of fused-ring (bicyclic) bond motifs is 1. The number of carbonyl (C=O) groups is 1. The summed E-state index contributed by atoms with van der Waals surface area (Å²) in [4.78, 5) is 15.8. The number of likely N-dealkylation sites (tertiary alicyclic amines) is 2. The summed E-state index contributed by atoms with van der Waals surface area (Å²) < 4.78 is 0. The molecular formula is C15H26N2O3. The van der Waals surface area contributed by atoms with Gasteiger partial charge in [-0.3, -0.25) is 4.79 Å². The highest BCUT2D eigenvalue weighted by molar-refractivity contribution is 5.76. The highest BCUT2D eigenvalue weighted by atomic mass is 16.3. The fraction of sp³-hybridized carbons (Fsp3) is 0.933. The van der Waals surface area contributed by atoms with Crippen LogP contribution in [0.1, 0.15) is 25.7 Å². The van der Waals surface area contributed by atoms with E-state index in [0.29, 0.717) is 24.2 Å². The van der Waals surface area contributed by atoms with Crippen molar-refractivity contribution >= 4 is 5.91 Å². The predicted octanol–water partition coefficient (Wildman–Crippen LogP) is -0.0816. The third-order valence-corrected chi connectivity index (χ3v) is 5.43. The number of amides is 1. The molecule has 20 heavy (non-hydrogen) atoms. The van der Waals surface area contributed by atoms with E-state index in [2.05, 4.69) is 4.90 Å². The Balaban J connectivity index is 1.52. The van der Waals surface area contributed by atoms with E-state index < -0.39 is 12.2 Å². The minimum atomic E-state index is -0.533. The molecule has 0 aromatic carbocycles. The Morgan fingerprint density at radius 2 is 1.70 bits per heavy atom. The first-order valence-corrected chi connectivity index (χ1v) is 7.85. The predicted molar refractivity (Wildman–Crippen MR) is 75.0 cm³/mol. The van der Waals surface area contributed by atoms with Crippen molar-refractivity contribution in [1.82, 2.24) is 9.80 Å². The summed E-state index contributed by atoms with van der Waals surface area (Å²) in [5.74, 6) is 1.92. The van der Waals surface area contributed by atoms with Gasteiger partial charge in [-0.25, -0.2) is 0 Å². The van der Waals surface area contributed by atoms with Crippen LogP contribution >= 0.6 is 0 Å². The number of nitrogens with zero attached hydrogens (tertiary/aromatic N) is 2. The molecule has 3 rings (SSSR count). The van der Waals surface area contributed by atoms with E-state index in [1.165, 1.54) is 0 Å². The Labute approximate surface area is 120 Å². The first kappa shape index (κ1) is 14.3. The molecule has 5 nitrogen and oxygen atoms in total. The van der Waals surface area contributed by atoms with Crippen LogP contribution in [0.15, 0.2) is 0 Å². The molecule has 1 saturated carbocycles. The lowest BCUT2D eigenvalue weighted by Crippen LogP contribution is -2.41. The number of piperidine rings is 1. The Hall–Kier alpha value is -0.650. The highest BCUT2D eigenvalue weighted by Crippen LogP contribution is 2.37. The lowest BCUT2D eigenvalue weighted by Gasteiger charge is -2.32. The quantitative estimate of drug-likeness (QED) is 0.743. The molecule has 0 aromatic rings. The Bertz CT molecular complexity index is 358. The molecule has 0 aromatic heterocycles. The molecule has 114 valence electrons. The fourth-order valence-corrected chi connectivity index (χ4v) is 4.27. The number of hydrogen-bond donors (Lipinski definition) is 2. The molecule has 5 heteroatoms. The van der Waals surface area contributed by atoms with Crippen LogP contribution in [-0.2, 0) is 4.79 Å². The van der Waals surface area contributed by atoms with Gasteiger partial charge in [-0.05, 0) is 37.0 Å². The largest absolute Gasteiger partial charge is 0.390 e. The van der Waals surface area contributed by atoms with Gasteiger partial charge < -0.3 is 20.0 Å². The van der Waals surface area contributed by atoms with Crippen LogP contribution in [0.3, 0.4) is 0 Å². The van der Waals surface area contributed by atoms with Crippen LogP contribution in [0.2, 0.25) is 0 Å². The molecule has 1 aliphatic carbocycles. The molecule has 3 fully saturated rings. The summed E-state index contributed by atoms with van der Waals surface area (Å²) in [5, 5.41) is 19.6. The molecule has 2 saturated heterocycles. The van der Waals surface area contributed by atoms with Gasteiger partial charge in [0.1, 0.15) is 0 Å². The zero-order valence-electron chi connectivity index (χ0n) is 12.2. The van der Waals surface area contributed by atoms with Crippen LogP contribution in [0.25, 0.3) is 0 Å². The molecular weight excluding hydrogens is 256 g/mol. The smallest absolute Gasteiger partial charge is 0.222 e. The minimum Gasteiger partial charge on any atom is -0.390 e. The maximum absolute atomic E-state index is 11.5. The van der Waals surface area contributed by atoms with E-state index in [9.17, 15) is 15.0 Å². The van der Waals surface area contributed by atoms with Crippen LogP contribution < -0.4 is 0 Å². The molecule has 2 aliphatic heterocycles. The molecule has 1 unspecified atom stereocenters. The second kappa shape index (κ2) is 5.62. The van der Waals surface area contributed by atoms with Gasteiger partial charge >= 0.3 is 0 Å². The number of rotatable bonds is 2. The maximum Gasteiger partial charge on any atom is 0.222 e. The van der Waals surface area contributed by atoms with Gasteiger partial charge in [0, 0.05) is 39.6 Å². The summed E-state index contributed by atoms with van der Waals surface area (Å²) in [6.45, 7) is 4.01. The second-order valence-electron chi connectivity index (χ2n) is 7.02. The Morgan fingerprint density at radius 1 is 1.10 bits per heavy atom. The Morgan fingerprint density at radius 3 is 2.25 bits per heavy atom. The van der Waals surface area contributed by atoms with Gasteiger partial charge in [-0.1, -0.05) is 0 Å². The molecule has 2 N–H and O–H groups in total. The number of hydrogen-bond acceptors (Lipinski definition) is 4. The molecule has 5 atom stereocenters. The lowest BCUT2D eigenvalue weighted by molar-refractivity contribution is -0.133. The van der Waals surface area contributed by atoms with Crippen molar-refractivity contribution in [3.63, 3.8) is 0 Å². The van der Waals surface area contributed by atoms with Crippen molar-refractivity contribution in [2.45, 2.75) is 37.9 Å². The van der Waals surface area contributed by atoms with Gasteiger partial charge in [-0.2, -0.15) is 0 Å². The van der Waals surface area contributed by atoms with E-state index in [0.717, 1.165) is 45.4 Å². The average Bonchev–Trinajstić information content (AvgIpc) is 2.76. The highest BCUT2D eigenvalue weighted by Gasteiger charge is 2.41. The van der Waals surface area contributed by atoms with Gasteiger partial charge in [0.25, 0.3) is 0 Å². The zero-order chi connectivity index (χ0) is 14.3. The molecule has 3 aliphatic rings. The molecule has 0 bridgehead atoms. The maximum atomic E-state index is 11.5. The van der Waals surface area contributed by atoms with Gasteiger partial charge in [0.15, 0.2) is 0 Å². The van der Waals surface area contributed by atoms with Gasteiger partial charge in [-0.15, -0.1) is 0 Å². The van der Waals surface area contributed by atoms with E-state index in [-0.39, 0.29) is 5.91 Å². The standard InChI is InChI=1S/C15H26N2O3/c1-16-6-10(2-3-15(16)20)7-17-8-11-4-13(18)14(19)5-12(11)9-17/h10-14,18-19H,2-9H2,1H3/t10?,11-,12+,13+,14-.